The SMILES string of the molecule is S=[C]CCCCl. The molecule has 0 nitrogen and oxygen atoms in total. The normalized spacial score (nSPS) is 8.17. The van der Waals surface area contributed by atoms with Crippen molar-refractivity contribution in [1.82, 2.24) is 0 Å². The summed E-state index contributed by atoms with van der Waals surface area (Å²) in [6.07, 6.45) is 1.81. The van der Waals surface area contributed by atoms with E-state index in [1.165, 1.54) is 0 Å². The minimum absolute atomic E-state index is 0.698. The number of thiocarbonyl (C=S) groups is 1. The van der Waals surface area contributed by atoms with Crippen LogP contribution in [0.4, 0.5) is 0 Å². The number of hydrogen-bond acceptors (Lipinski definition) is 1. The van der Waals surface area contributed by atoms with Crippen molar-refractivity contribution >= 4 is 29.2 Å². The molecular weight excluding hydrogens is 116 g/mol. The quantitative estimate of drug-likeness (QED) is 0.312. The maximum atomic E-state index is 5.29. The molecule has 0 aliphatic rings. The van der Waals surface area contributed by atoms with E-state index in [9.17, 15) is 0 Å². The lowest BCUT2D eigenvalue weighted by molar-refractivity contribution is 1.03. The second-order valence-corrected chi connectivity index (χ2v) is 1.60. The van der Waals surface area contributed by atoms with Gasteiger partial charge in [0.05, 0.1) is 0 Å². The van der Waals surface area contributed by atoms with Crippen LogP contribution in [0.5, 0.6) is 0 Å². The van der Waals surface area contributed by atoms with Crippen molar-refractivity contribution in [3.05, 3.63) is 0 Å². The molecular formula is C4H6ClS. The van der Waals surface area contributed by atoms with E-state index < -0.39 is 0 Å². The minimum atomic E-state index is 0.698. The number of rotatable bonds is 3. The van der Waals surface area contributed by atoms with Crippen molar-refractivity contribution in [3.8, 4) is 0 Å². The van der Waals surface area contributed by atoms with Crippen molar-refractivity contribution < 1.29 is 0 Å². The fourth-order valence-electron chi connectivity index (χ4n) is 0.139. The third-order valence-electron chi connectivity index (χ3n) is 0.412. The lowest BCUT2D eigenvalue weighted by Gasteiger charge is -1.78. The fraction of sp³-hybridized carbons (Fsp3) is 0.750. The van der Waals surface area contributed by atoms with Gasteiger partial charge in [0, 0.05) is 11.2 Å². The molecule has 1 radical (unpaired) electrons. The van der Waals surface area contributed by atoms with E-state index in [-0.39, 0.29) is 0 Å². The third kappa shape index (κ3) is 4.38. The second kappa shape index (κ2) is 5.38. The van der Waals surface area contributed by atoms with Crippen LogP contribution in [0.2, 0.25) is 0 Å². The lowest BCUT2D eigenvalue weighted by Crippen LogP contribution is -1.72. The van der Waals surface area contributed by atoms with Crippen LogP contribution in [0.25, 0.3) is 0 Å². The summed E-state index contributed by atoms with van der Waals surface area (Å²) >= 11 is 9.70. The summed E-state index contributed by atoms with van der Waals surface area (Å²) in [5.74, 6) is 0.698. The first-order valence-corrected chi connectivity index (χ1v) is 2.77. The van der Waals surface area contributed by atoms with Gasteiger partial charge in [-0.15, -0.1) is 11.6 Å². The number of unbranched alkanes of at least 4 members (excludes halogenated alkanes) is 1. The van der Waals surface area contributed by atoms with Crippen LogP contribution < -0.4 is 0 Å². The van der Waals surface area contributed by atoms with Gasteiger partial charge >= 0.3 is 0 Å². The highest BCUT2D eigenvalue weighted by molar-refractivity contribution is 7.78. The number of alkyl halides is 1. The Morgan fingerprint density at radius 1 is 1.67 bits per heavy atom. The predicted molar refractivity (Wildman–Crippen MR) is 32.6 cm³/mol. The molecule has 0 aromatic heterocycles. The Kier molecular flexibility index (Phi) is 5.72. The van der Waals surface area contributed by atoms with Crippen LogP contribution in [0, 0.1) is 0 Å². The van der Waals surface area contributed by atoms with Crippen molar-refractivity contribution in [2.24, 2.45) is 0 Å². The number of halogens is 1. The Hall–Kier alpha value is 0.380. The Balaban J connectivity index is 2.49. The van der Waals surface area contributed by atoms with Crippen LogP contribution in [0.15, 0.2) is 0 Å². The number of hydrogen-bond donors (Lipinski definition) is 0. The van der Waals surface area contributed by atoms with E-state index in [1.54, 1.807) is 0 Å². The first-order valence-electron chi connectivity index (χ1n) is 1.82. The van der Waals surface area contributed by atoms with Crippen molar-refractivity contribution in [3.63, 3.8) is 0 Å². The van der Waals surface area contributed by atoms with E-state index >= 15 is 0 Å². The molecule has 0 amide bonds. The summed E-state index contributed by atoms with van der Waals surface area (Å²) in [7, 11) is 0. The zero-order valence-electron chi connectivity index (χ0n) is 3.41. The Morgan fingerprint density at radius 2 is 2.33 bits per heavy atom. The molecule has 0 aliphatic heterocycles. The second-order valence-electron chi connectivity index (χ2n) is 0.937. The highest BCUT2D eigenvalue weighted by Gasteiger charge is 1.75. The van der Waals surface area contributed by atoms with Crippen molar-refractivity contribution in [2.75, 3.05) is 5.88 Å². The average Bonchev–Trinajstić information content (AvgIpc) is 1.61. The van der Waals surface area contributed by atoms with Crippen molar-refractivity contribution in [1.29, 1.82) is 0 Å². The maximum Gasteiger partial charge on any atom is 0.0291 e. The molecule has 0 saturated carbocycles. The van der Waals surface area contributed by atoms with Crippen molar-refractivity contribution in [2.45, 2.75) is 12.8 Å². The van der Waals surface area contributed by atoms with Crippen LogP contribution >= 0.6 is 23.8 Å². The highest BCUT2D eigenvalue weighted by atomic mass is 35.5. The monoisotopic (exact) mass is 121 g/mol. The van der Waals surface area contributed by atoms with Gasteiger partial charge in [0.15, 0.2) is 0 Å². The molecule has 0 unspecified atom stereocenters. The summed E-state index contributed by atoms with van der Waals surface area (Å²) in [6.45, 7) is 0. The standard InChI is InChI=1S/C4H6ClS/c5-3-1-2-4-6/h1-3H2. The van der Waals surface area contributed by atoms with Gasteiger partial charge in [-0.2, -0.15) is 0 Å². The summed E-state index contributed by atoms with van der Waals surface area (Å²) in [4.78, 5) is 0. The van der Waals surface area contributed by atoms with E-state index in [0.29, 0.717) is 5.88 Å². The van der Waals surface area contributed by atoms with Crippen LogP contribution in [0.3, 0.4) is 0 Å². The van der Waals surface area contributed by atoms with Gasteiger partial charge in [0.2, 0.25) is 0 Å². The van der Waals surface area contributed by atoms with E-state index in [1.807, 2.05) is 0 Å². The topological polar surface area (TPSA) is 0 Å². The molecule has 0 bridgehead atoms. The van der Waals surface area contributed by atoms with Gasteiger partial charge in [-0.05, 0) is 12.8 Å². The molecule has 0 spiro atoms. The molecule has 0 rings (SSSR count). The summed E-state index contributed by atoms with van der Waals surface area (Å²) in [5.41, 5.74) is 0. The zero-order valence-corrected chi connectivity index (χ0v) is 4.98. The molecule has 0 aliphatic carbocycles. The molecule has 35 valence electrons. The fourth-order valence-corrected chi connectivity index (χ4v) is 0.417. The molecule has 6 heavy (non-hydrogen) atoms. The smallest absolute Gasteiger partial charge is 0.0291 e. The van der Waals surface area contributed by atoms with Gasteiger partial charge in [0.1, 0.15) is 0 Å². The zero-order chi connectivity index (χ0) is 4.83. The molecule has 0 aromatic carbocycles. The Morgan fingerprint density at radius 3 is 2.50 bits per heavy atom. The molecule has 2 heteroatoms. The highest BCUT2D eigenvalue weighted by Crippen LogP contribution is 1.86. The van der Waals surface area contributed by atoms with Gasteiger partial charge in [-0.3, -0.25) is 0 Å². The minimum Gasteiger partial charge on any atom is -0.127 e. The molecule has 0 N–H and O–H groups in total. The third-order valence-corrected chi connectivity index (χ3v) is 0.884. The summed E-state index contributed by atoms with van der Waals surface area (Å²) in [5, 5.41) is 2.57. The molecule has 0 saturated heterocycles. The van der Waals surface area contributed by atoms with Gasteiger partial charge in [-0.25, -0.2) is 0 Å². The van der Waals surface area contributed by atoms with E-state index in [0.717, 1.165) is 12.8 Å². The van der Waals surface area contributed by atoms with Crippen LogP contribution in [0.1, 0.15) is 12.8 Å². The maximum absolute atomic E-state index is 5.29. The lowest BCUT2D eigenvalue weighted by atomic mass is 10.4. The molecule has 0 heterocycles. The average molecular weight is 122 g/mol. The molecule has 0 fully saturated rings. The first-order chi connectivity index (χ1) is 2.91. The molecule has 0 aromatic rings. The largest absolute Gasteiger partial charge is 0.127 e. The molecule has 0 atom stereocenters. The van der Waals surface area contributed by atoms with Gasteiger partial charge in [0.25, 0.3) is 0 Å². The Labute approximate surface area is 48.5 Å². The first kappa shape index (κ1) is 6.38. The summed E-state index contributed by atoms with van der Waals surface area (Å²) in [6, 6.07) is 0. The predicted octanol–water partition coefficient (Wildman–Crippen LogP) is 1.88. The van der Waals surface area contributed by atoms with Gasteiger partial charge < -0.3 is 0 Å². The summed E-state index contributed by atoms with van der Waals surface area (Å²) < 4.78 is 0. The van der Waals surface area contributed by atoms with E-state index in [2.05, 4.69) is 17.6 Å². The Bertz CT molecular complexity index is 36.5. The van der Waals surface area contributed by atoms with Crippen LogP contribution in [-0.2, 0) is 0 Å². The van der Waals surface area contributed by atoms with Gasteiger partial charge in [-0.1, -0.05) is 12.2 Å². The van der Waals surface area contributed by atoms with E-state index in [4.69, 9.17) is 11.6 Å². The van der Waals surface area contributed by atoms with Crippen LogP contribution in [-0.4, -0.2) is 11.2 Å².